The zero-order chi connectivity index (χ0) is 15.0. The Morgan fingerprint density at radius 2 is 2.10 bits per heavy atom. The summed E-state index contributed by atoms with van der Waals surface area (Å²) < 4.78 is 10.0. The van der Waals surface area contributed by atoms with Crippen LogP contribution in [0.5, 0.6) is 5.88 Å². The van der Waals surface area contributed by atoms with E-state index in [0.717, 1.165) is 0 Å². The van der Waals surface area contributed by atoms with Crippen LogP contribution in [0.2, 0.25) is 5.02 Å². The topological polar surface area (TPSA) is 111 Å². The zero-order valence-electron chi connectivity index (χ0n) is 10.4. The van der Waals surface area contributed by atoms with Gasteiger partial charge in [-0.25, -0.2) is 14.8 Å². The van der Waals surface area contributed by atoms with Gasteiger partial charge in [-0.15, -0.1) is 0 Å². The van der Waals surface area contributed by atoms with Gasteiger partial charge in [-0.05, 0) is 18.2 Å². The second-order valence-electron chi connectivity index (χ2n) is 4.07. The van der Waals surface area contributed by atoms with Crippen molar-refractivity contribution in [3.63, 3.8) is 0 Å². The molecule has 0 amide bonds. The Kier molecular flexibility index (Phi) is 3.11. The van der Waals surface area contributed by atoms with E-state index in [2.05, 4.69) is 14.7 Å². The third kappa shape index (κ3) is 2.46. The molecular weight excluding hydrogens is 298 g/mol. The number of ether oxygens (including phenoxy) is 1. The summed E-state index contributed by atoms with van der Waals surface area (Å²) in [5.41, 5.74) is 7.27. The number of halogens is 1. The van der Waals surface area contributed by atoms with Gasteiger partial charge < -0.3 is 20.0 Å². The quantitative estimate of drug-likeness (QED) is 0.699. The fourth-order valence-corrected chi connectivity index (χ4v) is 1.90. The summed E-state index contributed by atoms with van der Waals surface area (Å²) in [6.45, 7) is 0. The van der Waals surface area contributed by atoms with Crippen LogP contribution in [0, 0.1) is 0 Å². The van der Waals surface area contributed by atoms with Crippen LogP contribution in [-0.4, -0.2) is 21.2 Å². The number of pyridine rings is 1. The molecule has 21 heavy (non-hydrogen) atoms. The molecule has 106 valence electrons. The molecular formula is C13H8ClN3O4. The molecule has 1 aromatic carbocycles. The number of carbonyl (C=O) groups is 1. The average Bonchev–Trinajstić information content (AvgIpc) is 2.87. The molecule has 0 aliphatic heterocycles. The number of nitrogens with zero attached hydrogens (tertiary/aromatic N) is 2. The summed E-state index contributed by atoms with van der Waals surface area (Å²) in [4.78, 5) is 18.8. The molecule has 0 spiro atoms. The minimum atomic E-state index is -1.54. The van der Waals surface area contributed by atoms with E-state index in [1.165, 1.54) is 6.07 Å². The smallest absolute Gasteiger partial charge is 0.449 e. The van der Waals surface area contributed by atoms with Crippen LogP contribution in [0.3, 0.4) is 0 Å². The lowest BCUT2D eigenvalue weighted by atomic mass is 10.3. The van der Waals surface area contributed by atoms with E-state index < -0.39 is 6.16 Å². The number of aromatic nitrogens is 2. The van der Waals surface area contributed by atoms with E-state index in [0.29, 0.717) is 11.1 Å². The molecule has 2 aromatic heterocycles. The predicted molar refractivity (Wildman–Crippen MR) is 75.3 cm³/mol. The molecule has 7 nitrogen and oxygen atoms in total. The normalized spacial score (nSPS) is 10.7. The Bertz CT molecular complexity index is 814. The first-order chi connectivity index (χ1) is 10.0. The number of fused-ring (bicyclic) bond motifs is 1. The SMILES string of the molecule is Nc1cc(-c2nc3ccccc3o2)nc(OC(=O)O)c1Cl. The van der Waals surface area contributed by atoms with Gasteiger partial charge in [-0.1, -0.05) is 23.7 Å². The zero-order valence-corrected chi connectivity index (χ0v) is 11.2. The Labute approximate surface area is 122 Å². The molecule has 0 aliphatic carbocycles. The summed E-state index contributed by atoms with van der Waals surface area (Å²) in [6.07, 6.45) is -1.54. The Balaban J connectivity index is 2.13. The van der Waals surface area contributed by atoms with Crippen molar-refractivity contribution in [1.29, 1.82) is 0 Å². The number of hydrogen-bond donors (Lipinski definition) is 2. The van der Waals surface area contributed by atoms with Crippen molar-refractivity contribution < 1.29 is 19.1 Å². The highest BCUT2D eigenvalue weighted by molar-refractivity contribution is 6.34. The van der Waals surface area contributed by atoms with Crippen LogP contribution in [0.15, 0.2) is 34.7 Å². The van der Waals surface area contributed by atoms with Gasteiger partial charge in [-0.3, -0.25) is 0 Å². The number of oxazole rings is 1. The first-order valence-electron chi connectivity index (χ1n) is 5.77. The second-order valence-corrected chi connectivity index (χ2v) is 4.45. The molecule has 0 aliphatic rings. The molecule has 0 bridgehead atoms. The van der Waals surface area contributed by atoms with E-state index in [1.807, 2.05) is 6.07 Å². The third-order valence-electron chi connectivity index (χ3n) is 2.65. The molecule has 0 radical (unpaired) electrons. The van der Waals surface area contributed by atoms with Gasteiger partial charge in [0.25, 0.3) is 0 Å². The molecule has 3 N–H and O–H groups in total. The molecule has 3 rings (SSSR count). The van der Waals surface area contributed by atoms with Crippen molar-refractivity contribution in [2.45, 2.75) is 0 Å². The van der Waals surface area contributed by atoms with Crippen LogP contribution in [-0.2, 0) is 0 Å². The Morgan fingerprint density at radius 1 is 1.33 bits per heavy atom. The van der Waals surface area contributed by atoms with E-state index in [-0.39, 0.29) is 28.2 Å². The lowest BCUT2D eigenvalue weighted by molar-refractivity contribution is 0.142. The fourth-order valence-electron chi connectivity index (χ4n) is 1.77. The molecule has 0 fully saturated rings. The van der Waals surface area contributed by atoms with Gasteiger partial charge in [0, 0.05) is 0 Å². The number of hydrogen-bond acceptors (Lipinski definition) is 6. The van der Waals surface area contributed by atoms with Crippen molar-refractivity contribution in [2.24, 2.45) is 0 Å². The third-order valence-corrected chi connectivity index (χ3v) is 3.03. The number of para-hydroxylation sites is 2. The van der Waals surface area contributed by atoms with E-state index in [1.54, 1.807) is 18.2 Å². The van der Waals surface area contributed by atoms with Crippen molar-refractivity contribution in [2.75, 3.05) is 5.73 Å². The van der Waals surface area contributed by atoms with Gasteiger partial charge in [0.1, 0.15) is 16.2 Å². The number of carboxylic acid groups (broad SMARTS) is 1. The minimum absolute atomic E-state index is 0.0859. The summed E-state index contributed by atoms with van der Waals surface area (Å²) in [7, 11) is 0. The summed E-state index contributed by atoms with van der Waals surface area (Å²) >= 11 is 5.85. The molecule has 2 heterocycles. The van der Waals surface area contributed by atoms with Gasteiger partial charge >= 0.3 is 6.16 Å². The van der Waals surface area contributed by atoms with Crippen LogP contribution >= 0.6 is 11.6 Å². The molecule has 0 unspecified atom stereocenters. The predicted octanol–water partition coefficient (Wildman–Crippen LogP) is 3.18. The lowest BCUT2D eigenvalue weighted by Gasteiger charge is -2.05. The highest BCUT2D eigenvalue weighted by Gasteiger charge is 2.17. The maximum atomic E-state index is 10.6. The van der Waals surface area contributed by atoms with Gasteiger partial charge in [-0.2, -0.15) is 0 Å². The van der Waals surface area contributed by atoms with Crippen LogP contribution in [0.4, 0.5) is 10.5 Å². The highest BCUT2D eigenvalue weighted by atomic mass is 35.5. The highest BCUT2D eigenvalue weighted by Crippen LogP contribution is 2.33. The standard InChI is InChI=1S/C13H8ClN3O4/c14-10-6(15)5-8(17-12(10)21-13(18)19)11-16-7-3-1-2-4-9(7)20-11/h1-5H,(H2,15,17)(H,18,19). The van der Waals surface area contributed by atoms with Crippen LogP contribution in [0.25, 0.3) is 22.7 Å². The average molecular weight is 306 g/mol. The summed E-state index contributed by atoms with van der Waals surface area (Å²) in [6, 6.07) is 8.58. The van der Waals surface area contributed by atoms with Crippen molar-refractivity contribution in [3.05, 3.63) is 35.4 Å². The molecule has 0 saturated heterocycles. The van der Waals surface area contributed by atoms with Crippen molar-refractivity contribution >= 4 is 34.5 Å². The first-order valence-corrected chi connectivity index (χ1v) is 6.15. The minimum Gasteiger partial charge on any atom is -0.449 e. The number of anilines is 1. The summed E-state index contributed by atoms with van der Waals surface area (Å²) in [5, 5.41) is 8.57. The molecule has 0 atom stereocenters. The van der Waals surface area contributed by atoms with E-state index in [4.69, 9.17) is 26.9 Å². The van der Waals surface area contributed by atoms with Gasteiger partial charge in [0.2, 0.25) is 11.8 Å². The molecule has 8 heteroatoms. The van der Waals surface area contributed by atoms with Gasteiger partial charge in [0.15, 0.2) is 5.58 Å². The lowest BCUT2D eigenvalue weighted by Crippen LogP contribution is -2.06. The molecule has 0 saturated carbocycles. The van der Waals surface area contributed by atoms with Gasteiger partial charge in [0.05, 0.1) is 5.69 Å². The maximum absolute atomic E-state index is 10.6. The fraction of sp³-hybridized carbons (Fsp3) is 0. The summed E-state index contributed by atoms with van der Waals surface area (Å²) in [5.74, 6) is -0.128. The number of benzene rings is 1. The van der Waals surface area contributed by atoms with Crippen LogP contribution in [0.1, 0.15) is 0 Å². The second kappa shape index (κ2) is 4.95. The van der Waals surface area contributed by atoms with E-state index >= 15 is 0 Å². The van der Waals surface area contributed by atoms with Crippen molar-refractivity contribution in [3.8, 4) is 17.5 Å². The Morgan fingerprint density at radius 3 is 2.81 bits per heavy atom. The maximum Gasteiger partial charge on any atom is 0.512 e. The first kappa shape index (κ1) is 13.2. The van der Waals surface area contributed by atoms with Crippen molar-refractivity contribution in [1.82, 2.24) is 9.97 Å². The molecule has 3 aromatic rings. The largest absolute Gasteiger partial charge is 0.512 e. The number of nitrogens with two attached hydrogens (primary N) is 1. The monoisotopic (exact) mass is 305 g/mol. The Hall–Kier alpha value is -2.80. The van der Waals surface area contributed by atoms with Crippen LogP contribution < -0.4 is 10.5 Å². The number of rotatable bonds is 2. The van der Waals surface area contributed by atoms with E-state index in [9.17, 15) is 4.79 Å². The number of nitrogen functional groups attached to an aromatic ring is 1.